The van der Waals surface area contributed by atoms with Gasteiger partial charge in [0.2, 0.25) is 0 Å². The highest BCUT2D eigenvalue weighted by molar-refractivity contribution is 7.09. The van der Waals surface area contributed by atoms with Gasteiger partial charge < -0.3 is 9.84 Å². The number of hydrogen-bond acceptors (Lipinski definition) is 6. The summed E-state index contributed by atoms with van der Waals surface area (Å²) in [6.07, 6.45) is 2.87. The molecule has 0 bridgehead atoms. The topological polar surface area (TPSA) is 75.6 Å². The molecule has 8 heteroatoms. The summed E-state index contributed by atoms with van der Waals surface area (Å²) in [5, 5.41) is 10.5. The van der Waals surface area contributed by atoms with Gasteiger partial charge in [-0.15, -0.1) is 0 Å². The van der Waals surface area contributed by atoms with Crippen molar-refractivity contribution in [2.75, 3.05) is 19.6 Å². The van der Waals surface area contributed by atoms with Gasteiger partial charge in [0, 0.05) is 11.1 Å². The average Bonchev–Trinajstić information content (AvgIpc) is 3.30. The number of likely N-dealkylation sites (tertiary alicyclic amines) is 1. The predicted octanol–water partition coefficient (Wildman–Crippen LogP) is 6.14. The quantitative estimate of drug-likeness (QED) is 0.401. The Kier molecular flexibility index (Phi) is 7.86. The molecule has 0 spiro atoms. The van der Waals surface area contributed by atoms with E-state index in [1.54, 1.807) is 0 Å². The first-order valence-electron chi connectivity index (χ1n) is 11.7. The highest BCUT2D eigenvalue weighted by atomic mass is 35.5. The van der Waals surface area contributed by atoms with Gasteiger partial charge in [-0.2, -0.15) is 4.37 Å². The largest absolute Gasteiger partial charge is 0.489 e. The summed E-state index contributed by atoms with van der Waals surface area (Å²) in [7, 11) is 0. The van der Waals surface area contributed by atoms with Crippen molar-refractivity contribution in [3.8, 4) is 27.7 Å². The lowest BCUT2D eigenvalue weighted by Gasteiger charge is -2.32. The number of piperidine rings is 1. The maximum Gasteiger partial charge on any atom is 0.317 e. The Morgan fingerprint density at radius 2 is 2.03 bits per heavy atom. The molecule has 0 saturated carbocycles. The van der Waals surface area contributed by atoms with E-state index in [1.165, 1.54) is 22.7 Å². The average molecular weight is 500 g/mol. The summed E-state index contributed by atoms with van der Waals surface area (Å²) < 4.78 is 10.4. The van der Waals surface area contributed by atoms with Crippen LogP contribution in [0.3, 0.4) is 0 Å². The van der Waals surface area contributed by atoms with Gasteiger partial charge in [0.05, 0.1) is 17.7 Å². The number of aliphatic carboxylic acids is 1. The van der Waals surface area contributed by atoms with E-state index in [2.05, 4.69) is 29.5 Å². The van der Waals surface area contributed by atoms with E-state index in [0.717, 1.165) is 54.3 Å². The van der Waals surface area contributed by atoms with Crippen LogP contribution in [0.4, 0.5) is 0 Å². The Labute approximate surface area is 209 Å². The third-order valence-corrected chi connectivity index (χ3v) is 7.22. The maximum absolute atomic E-state index is 11.0. The summed E-state index contributed by atoms with van der Waals surface area (Å²) in [6.45, 7) is 7.84. The Hall–Kier alpha value is -2.48. The lowest BCUT2D eigenvalue weighted by atomic mass is 9.84. The number of carboxylic acids is 1. The van der Waals surface area contributed by atoms with Gasteiger partial charge >= 0.3 is 5.97 Å². The lowest BCUT2D eigenvalue weighted by Crippen LogP contribution is -2.36. The number of halogens is 1. The number of carboxylic acid groups (broad SMARTS) is 1. The standard InChI is InChI=1S/C26H30ClN3O3S/c1-4-19-20(17-10-12-30(13-11-17)15-24(31)32)6-5-7-21(19)25-28-26(34-29-25)18-8-9-23(22(27)14-18)33-16(2)3/h5-9,14,16-17H,4,10-13,15H2,1-3H3,(H,31,32). The first kappa shape index (κ1) is 24.6. The molecule has 3 aromatic rings. The number of nitrogens with zero attached hydrogens (tertiary/aromatic N) is 3. The van der Waals surface area contributed by atoms with Crippen LogP contribution in [0.1, 0.15) is 50.7 Å². The van der Waals surface area contributed by atoms with Crippen molar-refractivity contribution in [3.05, 3.63) is 52.5 Å². The Balaban J connectivity index is 1.57. The first-order chi connectivity index (χ1) is 16.4. The smallest absolute Gasteiger partial charge is 0.317 e. The molecule has 1 N–H and O–H groups in total. The molecule has 1 aliphatic rings. The van der Waals surface area contributed by atoms with E-state index in [9.17, 15) is 4.79 Å². The highest BCUT2D eigenvalue weighted by Gasteiger charge is 2.25. The number of aromatic nitrogens is 2. The minimum Gasteiger partial charge on any atom is -0.489 e. The van der Waals surface area contributed by atoms with Crippen molar-refractivity contribution >= 4 is 29.1 Å². The second-order valence-electron chi connectivity index (χ2n) is 8.91. The molecule has 34 heavy (non-hydrogen) atoms. The zero-order valence-electron chi connectivity index (χ0n) is 19.8. The Bertz CT molecular complexity index is 1160. The second-order valence-corrected chi connectivity index (χ2v) is 10.1. The van der Waals surface area contributed by atoms with E-state index >= 15 is 0 Å². The van der Waals surface area contributed by atoms with Crippen molar-refractivity contribution in [2.45, 2.75) is 52.1 Å². The number of rotatable bonds is 8. The minimum atomic E-state index is -0.761. The fraction of sp³-hybridized carbons (Fsp3) is 0.423. The third-order valence-electron chi connectivity index (χ3n) is 6.16. The molecule has 0 amide bonds. The zero-order valence-corrected chi connectivity index (χ0v) is 21.3. The van der Waals surface area contributed by atoms with Crippen molar-refractivity contribution < 1.29 is 14.6 Å². The molecule has 0 unspecified atom stereocenters. The highest BCUT2D eigenvalue weighted by Crippen LogP contribution is 2.37. The number of hydrogen-bond donors (Lipinski definition) is 1. The van der Waals surface area contributed by atoms with E-state index in [-0.39, 0.29) is 12.6 Å². The van der Waals surface area contributed by atoms with Crippen LogP contribution in [0.5, 0.6) is 5.75 Å². The van der Waals surface area contributed by atoms with E-state index in [4.69, 9.17) is 26.4 Å². The molecule has 180 valence electrons. The monoisotopic (exact) mass is 499 g/mol. The van der Waals surface area contributed by atoms with Gasteiger partial charge in [0.15, 0.2) is 5.82 Å². The van der Waals surface area contributed by atoms with Gasteiger partial charge in [0.1, 0.15) is 10.8 Å². The molecule has 6 nitrogen and oxygen atoms in total. The minimum absolute atomic E-state index is 0.0561. The third kappa shape index (κ3) is 5.59. The lowest BCUT2D eigenvalue weighted by molar-refractivity contribution is -0.138. The molecule has 2 aromatic carbocycles. The summed E-state index contributed by atoms with van der Waals surface area (Å²) in [6, 6.07) is 12.1. The number of ether oxygens (including phenoxy) is 1. The van der Waals surface area contributed by atoms with E-state index in [0.29, 0.717) is 16.7 Å². The van der Waals surface area contributed by atoms with Crippen LogP contribution in [0.2, 0.25) is 5.02 Å². The van der Waals surface area contributed by atoms with Gasteiger partial charge in [0.25, 0.3) is 0 Å². The van der Waals surface area contributed by atoms with Crippen LogP contribution in [-0.4, -0.2) is 51.1 Å². The fourth-order valence-corrected chi connectivity index (χ4v) is 5.51. The fourth-order valence-electron chi connectivity index (χ4n) is 4.62. The molecule has 0 radical (unpaired) electrons. The molecule has 0 aliphatic carbocycles. The zero-order chi connectivity index (χ0) is 24.2. The summed E-state index contributed by atoms with van der Waals surface area (Å²) in [5.74, 6) is 1.06. The summed E-state index contributed by atoms with van der Waals surface area (Å²) in [5.41, 5.74) is 4.61. The molecule has 1 fully saturated rings. The number of benzene rings is 2. The Morgan fingerprint density at radius 1 is 1.26 bits per heavy atom. The normalized spacial score (nSPS) is 15.1. The van der Waals surface area contributed by atoms with Crippen LogP contribution >= 0.6 is 23.1 Å². The van der Waals surface area contributed by atoms with Gasteiger partial charge in [-0.1, -0.05) is 36.7 Å². The molecular formula is C26H30ClN3O3S. The first-order valence-corrected chi connectivity index (χ1v) is 12.9. The SMILES string of the molecule is CCc1c(-c2nsc(-c3ccc(OC(C)C)c(Cl)c3)n2)cccc1C1CCN(CC(=O)O)CC1. The van der Waals surface area contributed by atoms with Crippen LogP contribution < -0.4 is 4.74 Å². The van der Waals surface area contributed by atoms with E-state index in [1.807, 2.05) is 36.9 Å². The summed E-state index contributed by atoms with van der Waals surface area (Å²) in [4.78, 5) is 17.9. The maximum atomic E-state index is 11.0. The molecule has 1 aliphatic heterocycles. The van der Waals surface area contributed by atoms with E-state index < -0.39 is 5.97 Å². The molecule has 2 heterocycles. The van der Waals surface area contributed by atoms with Crippen molar-refractivity contribution in [1.82, 2.24) is 14.3 Å². The van der Waals surface area contributed by atoms with Gasteiger partial charge in [-0.3, -0.25) is 9.69 Å². The molecule has 0 atom stereocenters. The molecular weight excluding hydrogens is 470 g/mol. The van der Waals surface area contributed by atoms with Crippen molar-refractivity contribution in [3.63, 3.8) is 0 Å². The molecule has 1 saturated heterocycles. The molecule has 4 rings (SSSR count). The second kappa shape index (κ2) is 10.8. The Morgan fingerprint density at radius 3 is 2.68 bits per heavy atom. The molecule has 1 aromatic heterocycles. The van der Waals surface area contributed by atoms with Crippen molar-refractivity contribution in [1.29, 1.82) is 0 Å². The van der Waals surface area contributed by atoms with Gasteiger partial charge in [-0.05, 0) is 93.0 Å². The van der Waals surface area contributed by atoms with Crippen LogP contribution in [-0.2, 0) is 11.2 Å². The van der Waals surface area contributed by atoms with Crippen molar-refractivity contribution in [2.24, 2.45) is 0 Å². The predicted molar refractivity (Wildman–Crippen MR) is 137 cm³/mol. The van der Waals surface area contributed by atoms with Crippen LogP contribution in [0.25, 0.3) is 22.0 Å². The number of carbonyl (C=O) groups is 1. The van der Waals surface area contributed by atoms with Gasteiger partial charge in [-0.25, -0.2) is 4.98 Å². The van der Waals surface area contributed by atoms with Crippen LogP contribution in [0, 0.1) is 0 Å². The van der Waals surface area contributed by atoms with Crippen LogP contribution in [0.15, 0.2) is 36.4 Å². The summed E-state index contributed by atoms with van der Waals surface area (Å²) >= 11 is 7.80.